The van der Waals surface area contributed by atoms with Crippen molar-refractivity contribution in [2.45, 2.75) is 39.0 Å². The average Bonchev–Trinajstić information content (AvgIpc) is 2.35. The van der Waals surface area contributed by atoms with Gasteiger partial charge in [-0.1, -0.05) is 25.0 Å². The number of rotatable bonds is 3. The van der Waals surface area contributed by atoms with Gasteiger partial charge in [0.25, 0.3) is 0 Å². The molecule has 1 nitrogen and oxygen atoms in total. The molecule has 1 aliphatic carbocycles. The van der Waals surface area contributed by atoms with Crippen molar-refractivity contribution >= 4 is 5.78 Å². The molecule has 0 atom stereocenters. The van der Waals surface area contributed by atoms with E-state index in [-0.39, 0.29) is 0 Å². The van der Waals surface area contributed by atoms with Crippen molar-refractivity contribution in [2.24, 2.45) is 5.92 Å². The van der Waals surface area contributed by atoms with Crippen LogP contribution in [0.2, 0.25) is 0 Å². The van der Waals surface area contributed by atoms with Crippen molar-refractivity contribution in [2.75, 3.05) is 0 Å². The standard InChI is InChI=1S/C10H16O/c1-8(2)7-10(11)9-5-3-4-6-9/h9H,1,3-7H2,2H3. The molecule has 1 aliphatic rings. The SMILES string of the molecule is C=C(C)CC(=O)C1CCCC1. The van der Waals surface area contributed by atoms with Gasteiger partial charge >= 0.3 is 0 Å². The van der Waals surface area contributed by atoms with Gasteiger partial charge in [-0.15, -0.1) is 0 Å². The Labute approximate surface area is 68.5 Å². The first-order valence-corrected chi connectivity index (χ1v) is 4.37. The fourth-order valence-corrected chi connectivity index (χ4v) is 1.69. The Bertz CT molecular complexity index is 164. The first-order valence-electron chi connectivity index (χ1n) is 4.37. The maximum absolute atomic E-state index is 11.4. The summed E-state index contributed by atoms with van der Waals surface area (Å²) in [4.78, 5) is 11.4. The first-order chi connectivity index (χ1) is 5.20. The molecule has 0 spiro atoms. The molecule has 1 rings (SSSR count). The van der Waals surface area contributed by atoms with E-state index in [0.717, 1.165) is 18.4 Å². The van der Waals surface area contributed by atoms with Gasteiger partial charge in [-0.2, -0.15) is 0 Å². The van der Waals surface area contributed by atoms with Crippen LogP contribution in [0.1, 0.15) is 39.0 Å². The number of carbonyl (C=O) groups is 1. The van der Waals surface area contributed by atoms with Gasteiger partial charge in [0.1, 0.15) is 5.78 Å². The Kier molecular flexibility index (Phi) is 2.86. The first kappa shape index (κ1) is 8.51. The normalized spacial score (nSPS) is 18.6. The topological polar surface area (TPSA) is 17.1 Å². The fraction of sp³-hybridized carbons (Fsp3) is 0.700. The van der Waals surface area contributed by atoms with E-state index >= 15 is 0 Å². The predicted octanol–water partition coefficient (Wildman–Crippen LogP) is 2.71. The van der Waals surface area contributed by atoms with Crippen LogP contribution in [0.5, 0.6) is 0 Å². The molecule has 0 amide bonds. The van der Waals surface area contributed by atoms with Crippen LogP contribution in [-0.4, -0.2) is 5.78 Å². The third-order valence-electron chi connectivity index (χ3n) is 2.29. The van der Waals surface area contributed by atoms with E-state index in [1.807, 2.05) is 6.92 Å². The molecule has 0 heterocycles. The second-order valence-electron chi connectivity index (χ2n) is 3.58. The summed E-state index contributed by atoms with van der Waals surface area (Å²) in [6, 6.07) is 0. The third-order valence-corrected chi connectivity index (χ3v) is 2.29. The largest absolute Gasteiger partial charge is 0.299 e. The summed E-state index contributed by atoms with van der Waals surface area (Å²) in [6.45, 7) is 5.67. The highest BCUT2D eigenvalue weighted by molar-refractivity contribution is 5.83. The van der Waals surface area contributed by atoms with Crippen LogP contribution in [0.4, 0.5) is 0 Å². The predicted molar refractivity (Wildman–Crippen MR) is 46.4 cm³/mol. The van der Waals surface area contributed by atoms with Crippen molar-refractivity contribution < 1.29 is 4.79 Å². The smallest absolute Gasteiger partial charge is 0.139 e. The zero-order valence-electron chi connectivity index (χ0n) is 7.23. The van der Waals surface area contributed by atoms with E-state index < -0.39 is 0 Å². The van der Waals surface area contributed by atoms with E-state index in [4.69, 9.17) is 0 Å². The highest BCUT2D eigenvalue weighted by Crippen LogP contribution is 2.26. The van der Waals surface area contributed by atoms with Crippen LogP contribution in [0.3, 0.4) is 0 Å². The second kappa shape index (κ2) is 3.70. The number of allylic oxidation sites excluding steroid dienone is 1. The van der Waals surface area contributed by atoms with Crippen molar-refractivity contribution in [1.29, 1.82) is 0 Å². The maximum atomic E-state index is 11.4. The summed E-state index contributed by atoms with van der Waals surface area (Å²) in [5.74, 6) is 0.779. The van der Waals surface area contributed by atoms with Crippen molar-refractivity contribution in [3.8, 4) is 0 Å². The fourth-order valence-electron chi connectivity index (χ4n) is 1.69. The lowest BCUT2D eigenvalue weighted by Gasteiger charge is -2.06. The summed E-state index contributed by atoms with van der Waals surface area (Å²) in [7, 11) is 0. The summed E-state index contributed by atoms with van der Waals surface area (Å²) >= 11 is 0. The van der Waals surface area contributed by atoms with Crippen molar-refractivity contribution in [3.05, 3.63) is 12.2 Å². The van der Waals surface area contributed by atoms with E-state index in [1.54, 1.807) is 0 Å². The number of hydrogen-bond acceptors (Lipinski definition) is 1. The molecule has 0 saturated heterocycles. The van der Waals surface area contributed by atoms with E-state index in [2.05, 4.69) is 6.58 Å². The molecule has 0 unspecified atom stereocenters. The van der Waals surface area contributed by atoms with E-state index in [1.165, 1.54) is 12.8 Å². The van der Waals surface area contributed by atoms with Gasteiger partial charge < -0.3 is 0 Å². The summed E-state index contributed by atoms with van der Waals surface area (Å²) < 4.78 is 0. The maximum Gasteiger partial charge on any atom is 0.139 e. The Morgan fingerprint density at radius 3 is 2.45 bits per heavy atom. The minimum absolute atomic E-state index is 0.367. The molecule has 0 radical (unpaired) electrons. The van der Waals surface area contributed by atoms with Crippen molar-refractivity contribution in [1.82, 2.24) is 0 Å². The molecular formula is C10H16O. The molecule has 0 N–H and O–H groups in total. The van der Waals surface area contributed by atoms with Crippen molar-refractivity contribution in [3.63, 3.8) is 0 Å². The van der Waals surface area contributed by atoms with Gasteiger partial charge in [0.2, 0.25) is 0 Å². The van der Waals surface area contributed by atoms with Gasteiger partial charge in [-0.25, -0.2) is 0 Å². The number of carbonyl (C=O) groups excluding carboxylic acids is 1. The highest BCUT2D eigenvalue weighted by atomic mass is 16.1. The van der Waals surface area contributed by atoms with E-state index in [0.29, 0.717) is 18.1 Å². The Balaban J connectivity index is 2.34. The third kappa shape index (κ3) is 2.49. The van der Waals surface area contributed by atoms with Crippen LogP contribution in [0, 0.1) is 5.92 Å². The monoisotopic (exact) mass is 152 g/mol. The summed E-state index contributed by atoms with van der Waals surface area (Å²) in [6.07, 6.45) is 5.32. The minimum Gasteiger partial charge on any atom is -0.299 e. The Morgan fingerprint density at radius 1 is 1.45 bits per heavy atom. The van der Waals surface area contributed by atoms with Crippen LogP contribution < -0.4 is 0 Å². The Hall–Kier alpha value is -0.590. The zero-order valence-corrected chi connectivity index (χ0v) is 7.23. The lowest BCUT2D eigenvalue weighted by molar-refractivity contribution is -0.121. The quantitative estimate of drug-likeness (QED) is 0.568. The van der Waals surface area contributed by atoms with Crippen LogP contribution >= 0.6 is 0 Å². The highest BCUT2D eigenvalue weighted by Gasteiger charge is 2.21. The molecule has 0 aromatic carbocycles. The van der Waals surface area contributed by atoms with Crippen LogP contribution in [0.15, 0.2) is 12.2 Å². The molecule has 0 aliphatic heterocycles. The summed E-state index contributed by atoms with van der Waals surface area (Å²) in [5.41, 5.74) is 1.00. The average molecular weight is 152 g/mol. The minimum atomic E-state index is 0.367. The Morgan fingerprint density at radius 2 is 2.00 bits per heavy atom. The number of hydrogen-bond donors (Lipinski definition) is 0. The molecule has 0 aromatic rings. The lowest BCUT2D eigenvalue weighted by Crippen LogP contribution is -2.10. The molecule has 11 heavy (non-hydrogen) atoms. The summed E-state index contributed by atoms with van der Waals surface area (Å²) in [5, 5.41) is 0. The molecule has 1 saturated carbocycles. The van der Waals surface area contributed by atoms with Gasteiger partial charge in [-0.05, 0) is 19.8 Å². The van der Waals surface area contributed by atoms with Crippen LogP contribution in [-0.2, 0) is 4.79 Å². The van der Waals surface area contributed by atoms with Gasteiger partial charge in [0.05, 0.1) is 0 Å². The molecule has 0 aromatic heterocycles. The molecule has 1 fully saturated rings. The number of ketones is 1. The van der Waals surface area contributed by atoms with Crippen LogP contribution in [0.25, 0.3) is 0 Å². The van der Waals surface area contributed by atoms with E-state index in [9.17, 15) is 4.79 Å². The van der Waals surface area contributed by atoms with Gasteiger partial charge in [0.15, 0.2) is 0 Å². The second-order valence-corrected chi connectivity index (χ2v) is 3.58. The molecular weight excluding hydrogens is 136 g/mol. The molecule has 1 heteroatoms. The molecule has 0 bridgehead atoms. The molecule has 62 valence electrons. The lowest BCUT2D eigenvalue weighted by atomic mass is 9.98. The number of Topliss-reactive ketones (excluding diaryl/α,β-unsaturated/α-hetero) is 1. The zero-order chi connectivity index (χ0) is 8.27. The van der Waals surface area contributed by atoms with Gasteiger partial charge in [-0.3, -0.25) is 4.79 Å². The van der Waals surface area contributed by atoms with Gasteiger partial charge in [0, 0.05) is 12.3 Å².